The van der Waals surface area contributed by atoms with Crippen molar-refractivity contribution in [2.45, 2.75) is 26.7 Å². The quantitative estimate of drug-likeness (QED) is 0.761. The molecule has 92 valence electrons. The molecule has 1 rings (SSSR count). The van der Waals surface area contributed by atoms with E-state index in [9.17, 15) is 9.59 Å². The van der Waals surface area contributed by atoms with Crippen LogP contribution in [0.2, 0.25) is 0 Å². The van der Waals surface area contributed by atoms with Crippen molar-refractivity contribution in [2.75, 3.05) is 19.6 Å². The number of nitrogens with one attached hydrogen (secondary N) is 1. The Morgan fingerprint density at radius 1 is 1.31 bits per heavy atom. The number of carboxylic acid groups (broad SMARTS) is 1. The zero-order chi connectivity index (χ0) is 12.1. The van der Waals surface area contributed by atoms with Gasteiger partial charge in [0.05, 0.1) is 6.42 Å². The molecule has 1 heterocycles. The van der Waals surface area contributed by atoms with E-state index in [1.54, 1.807) is 4.90 Å². The molecule has 0 radical (unpaired) electrons. The number of nitrogens with zero attached hydrogens (tertiary/aromatic N) is 1. The molecular weight excluding hydrogens is 208 g/mol. The maximum absolute atomic E-state index is 11.7. The average Bonchev–Trinajstić information content (AvgIpc) is 2.15. The molecule has 0 saturated carbocycles. The van der Waals surface area contributed by atoms with E-state index in [1.165, 1.54) is 0 Å². The second kappa shape index (κ2) is 5.72. The Hall–Kier alpha value is -1.26. The van der Waals surface area contributed by atoms with E-state index in [0.717, 1.165) is 19.5 Å². The van der Waals surface area contributed by atoms with Crippen LogP contribution < -0.4 is 5.32 Å². The fourth-order valence-corrected chi connectivity index (χ4v) is 2.22. The van der Waals surface area contributed by atoms with E-state index < -0.39 is 5.97 Å². The molecule has 5 nitrogen and oxygen atoms in total. The van der Waals surface area contributed by atoms with Crippen molar-refractivity contribution in [3.8, 4) is 0 Å². The zero-order valence-corrected chi connectivity index (χ0v) is 9.90. The Labute approximate surface area is 95.8 Å². The predicted octanol–water partition coefficient (Wildman–Crippen LogP) is 1.15. The summed E-state index contributed by atoms with van der Waals surface area (Å²) in [5, 5.41) is 11.1. The third-order valence-corrected chi connectivity index (χ3v) is 2.77. The molecule has 0 aromatic carbocycles. The Balaban J connectivity index is 2.32. The van der Waals surface area contributed by atoms with Gasteiger partial charge in [-0.05, 0) is 18.3 Å². The smallest absolute Gasteiger partial charge is 0.317 e. The summed E-state index contributed by atoms with van der Waals surface area (Å²) in [7, 11) is 0. The largest absolute Gasteiger partial charge is 0.481 e. The number of hydrogen-bond donors (Lipinski definition) is 2. The summed E-state index contributed by atoms with van der Waals surface area (Å²) in [5.41, 5.74) is 0. The molecule has 0 bridgehead atoms. The van der Waals surface area contributed by atoms with Crippen molar-refractivity contribution >= 4 is 12.0 Å². The van der Waals surface area contributed by atoms with Crippen molar-refractivity contribution in [1.82, 2.24) is 10.2 Å². The van der Waals surface area contributed by atoms with Crippen molar-refractivity contribution in [3.05, 3.63) is 0 Å². The second-order valence-electron chi connectivity index (χ2n) is 4.73. The maximum atomic E-state index is 11.7. The van der Waals surface area contributed by atoms with Crippen LogP contribution in [0.15, 0.2) is 0 Å². The summed E-state index contributed by atoms with van der Waals surface area (Å²) in [6, 6.07) is -0.139. The SMILES string of the molecule is CC1CC(C)CN(C(=O)NCCC(=O)O)C1. The number of carbonyl (C=O) groups is 2. The van der Waals surface area contributed by atoms with Gasteiger partial charge in [-0.3, -0.25) is 4.79 Å². The normalized spacial score (nSPS) is 25.2. The summed E-state index contributed by atoms with van der Waals surface area (Å²) in [6.07, 6.45) is 1.13. The minimum absolute atomic E-state index is 0.0231. The van der Waals surface area contributed by atoms with Crippen LogP contribution in [0.3, 0.4) is 0 Å². The lowest BCUT2D eigenvalue weighted by Crippen LogP contribution is -2.47. The molecule has 0 aliphatic carbocycles. The highest BCUT2D eigenvalue weighted by atomic mass is 16.4. The molecule has 16 heavy (non-hydrogen) atoms. The van der Waals surface area contributed by atoms with E-state index in [1.807, 2.05) is 0 Å². The van der Waals surface area contributed by atoms with E-state index in [4.69, 9.17) is 5.11 Å². The number of rotatable bonds is 3. The van der Waals surface area contributed by atoms with E-state index >= 15 is 0 Å². The number of piperidine rings is 1. The molecule has 2 atom stereocenters. The minimum Gasteiger partial charge on any atom is -0.481 e. The van der Waals surface area contributed by atoms with Crippen LogP contribution in [-0.4, -0.2) is 41.6 Å². The van der Waals surface area contributed by atoms with Crippen LogP contribution in [0.4, 0.5) is 4.79 Å². The molecule has 1 fully saturated rings. The molecule has 0 aromatic rings. The molecular formula is C11H20N2O3. The Bertz CT molecular complexity index is 258. The molecule has 1 aliphatic rings. The van der Waals surface area contributed by atoms with Gasteiger partial charge in [0.1, 0.15) is 0 Å². The summed E-state index contributed by atoms with van der Waals surface area (Å²) in [4.78, 5) is 23.8. The van der Waals surface area contributed by atoms with Gasteiger partial charge in [-0.1, -0.05) is 13.8 Å². The number of aliphatic carboxylic acids is 1. The Morgan fingerprint density at radius 2 is 1.88 bits per heavy atom. The van der Waals surface area contributed by atoms with Crippen LogP contribution in [-0.2, 0) is 4.79 Å². The zero-order valence-electron chi connectivity index (χ0n) is 9.90. The summed E-state index contributed by atoms with van der Waals surface area (Å²) in [6.45, 7) is 6.00. The van der Waals surface area contributed by atoms with Crippen molar-refractivity contribution < 1.29 is 14.7 Å². The van der Waals surface area contributed by atoms with E-state index in [2.05, 4.69) is 19.2 Å². The predicted molar refractivity (Wildman–Crippen MR) is 60.2 cm³/mol. The van der Waals surface area contributed by atoms with Gasteiger partial charge in [0, 0.05) is 19.6 Å². The number of carboxylic acids is 1. The van der Waals surface area contributed by atoms with Gasteiger partial charge < -0.3 is 15.3 Å². The average molecular weight is 228 g/mol. The fraction of sp³-hybridized carbons (Fsp3) is 0.818. The first-order valence-electron chi connectivity index (χ1n) is 5.73. The van der Waals surface area contributed by atoms with Gasteiger partial charge in [0.2, 0.25) is 0 Å². The highest BCUT2D eigenvalue weighted by Gasteiger charge is 2.24. The topological polar surface area (TPSA) is 69.6 Å². The molecule has 2 amide bonds. The molecule has 2 N–H and O–H groups in total. The first kappa shape index (κ1) is 12.8. The van der Waals surface area contributed by atoms with Crippen molar-refractivity contribution in [2.24, 2.45) is 11.8 Å². The first-order valence-corrected chi connectivity index (χ1v) is 5.73. The summed E-state index contributed by atoms with van der Waals surface area (Å²) < 4.78 is 0. The third kappa shape index (κ3) is 4.08. The van der Waals surface area contributed by atoms with Gasteiger partial charge >= 0.3 is 12.0 Å². The number of hydrogen-bond acceptors (Lipinski definition) is 2. The van der Waals surface area contributed by atoms with Crippen LogP contribution in [0.1, 0.15) is 26.7 Å². The molecule has 1 aliphatic heterocycles. The summed E-state index contributed by atoms with van der Waals surface area (Å²) >= 11 is 0. The second-order valence-corrected chi connectivity index (χ2v) is 4.73. The monoisotopic (exact) mass is 228 g/mol. The van der Waals surface area contributed by atoms with Gasteiger partial charge in [-0.25, -0.2) is 4.79 Å². The number of amides is 2. The Kier molecular flexibility index (Phi) is 4.58. The molecule has 0 aromatic heterocycles. The number of carbonyl (C=O) groups excluding carboxylic acids is 1. The molecule has 5 heteroatoms. The lowest BCUT2D eigenvalue weighted by atomic mass is 9.92. The van der Waals surface area contributed by atoms with Crippen LogP contribution >= 0.6 is 0 Å². The van der Waals surface area contributed by atoms with Crippen molar-refractivity contribution in [3.63, 3.8) is 0 Å². The Morgan fingerprint density at radius 3 is 2.38 bits per heavy atom. The maximum Gasteiger partial charge on any atom is 0.317 e. The minimum atomic E-state index is -0.888. The van der Waals surface area contributed by atoms with Gasteiger partial charge in [-0.15, -0.1) is 0 Å². The number of urea groups is 1. The molecule has 1 saturated heterocycles. The van der Waals surface area contributed by atoms with Crippen molar-refractivity contribution in [1.29, 1.82) is 0 Å². The third-order valence-electron chi connectivity index (χ3n) is 2.77. The van der Waals surface area contributed by atoms with E-state index in [-0.39, 0.29) is 19.0 Å². The lowest BCUT2D eigenvalue weighted by molar-refractivity contribution is -0.136. The highest BCUT2D eigenvalue weighted by Crippen LogP contribution is 2.20. The molecule has 0 spiro atoms. The molecule has 2 unspecified atom stereocenters. The standard InChI is InChI=1S/C11H20N2O3/c1-8-5-9(2)7-13(6-8)11(16)12-4-3-10(14)15/h8-9H,3-7H2,1-2H3,(H,12,16)(H,14,15). The fourth-order valence-electron chi connectivity index (χ4n) is 2.22. The van der Waals surface area contributed by atoms with Gasteiger partial charge in [0.15, 0.2) is 0 Å². The summed E-state index contributed by atoms with van der Waals surface area (Å²) in [5.74, 6) is 0.156. The first-order chi connectivity index (χ1) is 7.49. The highest BCUT2D eigenvalue weighted by molar-refractivity contribution is 5.75. The van der Waals surface area contributed by atoms with E-state index in [0.29, 0.717) is 11.8 Å². The van der Waals surface area contributed by atoms with Gasteiger partial charge in [0.25, 0.3) is 0 Å². The van der Waals surface area contributed by atoms with Crippen LogP contribution in [0.25, 0.3) is 0 Å². The van der Waals surface area contributed by atoms with Crippen LogP contribution in [0, 0.1) is 11.8 Å². The number of likely N-dealkylation sites (tertiary alicyclic amines) is 1. The lowest BCUT2D eigenvalue weighted by Gasteiger charge is -2.34. The van der Waals surface area contributed by atoms with Gasteiger partial charge in [-0.2, -0.15) is 0 Å². The van der Waals surface area contributed by atoms with Crippen LogP contribution in [0.5, 0.6) is 0 Å².